The summed E-state index contributed by atoms with van der Waals surface area (Å²) >= 11 is 5.86. The summed E-state index contributed by atoms with van der Waals surface area (Å²) in [6.07, 6.45) is 6.29. The van der Waals surface area contributed by atoms with Gasteiger partial charge < -0.3 is 0 Å². The molecule has 0 saturated heterocycles. The predicted molar refractivity (Wildman–Crippen MR) is 121 cm³/mol. The maximum absolute atomic E-state index is 13.6. The molecule has 150 valence electrons. The number of nitrogens with zero attached hydrogens (tertiary/aromatic N) is 2. The van der Waals surface area contributed by atoms with Crippen LogP contribution >= 0.6 is 24.0 Å². The first kappa shape index (κ1) is 21.4. The molecule has 1 aliphatic rings. The van der Waals surface area contributed by atoms with E-state index in [4.69, 9.17) is 11.6 Å². The fourth-order valence-corrected chi connectivity index (χ4v) is 4.27. The minimum Gasteiger partial charge on any atom is -0.300 e. The van der Waals surface area contributed by atoms with Crippen molar-refractivity contribution in [3.05, 3.63) is 95.8 Å². The van der Waals surface area contributed by atoms with E-state index in [1.807, 2.05) is 47.4 Å². The fraction of sp³-hybridized carbons (Fsp3) is 0.250. The SMILES string of the molecule is Cl.O=C1C(CCCCCl)c2ccccc2N1C(c1ccccc1)c1ccncc1. The molecule has 2 unspecified atom stereocenters. The molecule has 0 radical (unpaired) electrons. The number of aromatic nitrogens is 1. The average Bonchev–Trinajstić information content (AvgIpc) is 3.02. The Morgan fingerprint density at radius 2 is 1.55 bits per heavy atom. The summed E-state index contributed by atoms with van der Waals surface area (Å²) in [5, 5.41) is 0. The number of alkyl halides is 1. The van der Waals surface area contributed by atoms with Gasteiger partial charge in [-0.05, 0) is 47.7 Å². The lowest BCUT2D eigenvalue weighted by atomic mass is 9.95. The van der Waals surface area contributed by atoms with Crippen molar-refractivity contribution < 1.29 is 4.79 Å². The summed E-state index contributed by atoms with van der Waals surface area (Å²) in [6, 6.07) is 22.2. The number of amides is 1. The highest BCUT2D eigenvalue weighted by Crippen LogP contribution is 2.45. The van der Waals surface area contributed by atoms with Crippen LogP contribution in [-0.2, 0) is 4.79 Å². The molecule has 1 aromatic heterocycles. The monoisotopic (exact) mass is 426 g/mol. The van der Waals surface area contributed by atoms with E-state index in [9.17, 15) is 4.79 Å². The Morgan fingerprint density at radius 1 is 0.897 bits per heavy atom. The normalized spacial score (nSPS) is 16.2. The molecule has 0 N–H and O–H groups in total. The van der Waals surface area contributed by atoms with Crippen LogP contribution in [0.5, 0.6) is 0 Å². The second kappa shape index (κ2) is 9.91. The van der Waals surface area contributed by atoms with Crippen LogP contribution in [0.4, 0.5) is 5.69 Å². The number of anilines is 1. The minimum absolute atomic E-state index is 0. The largest absolute Gasteiger partial charge is 0.300 e. The predicted octanol–water partition coefficient (Wildman–Crippen LogP) is 6.13. The Bertz CT molecular complexity index is 894. The number of hydrogen-bond acceptors (Lipinski definition) is 2. The standard InChI is InChI=1S/C24H23ClN2O.ClH/c25-15-7-6-11-21-20-10-4-5-12-22(20)27(24(21)28)23(18-8-2-1-3-9-18)19-13-16-26-17-14-19;/h1-5,8-10,12-14,16-17,21,23H,6-7,11,15H2;1H. The van der Waals surface area contributed by atoms with Crippen LogP contribution in [0.15, 0.2) is 79.1 Å². The van der Waals surface area contributed by atoms with Crippen LogP contribution < -0.4 is 4.90 Å². The summed E-state index contributed by atoms with van der Waals surface area (Å²) in [5.41, 5.74) is 4.29. The Kier molecular flexibility index (Phi) is 7.29. The van der Waals surface area contributed by atoms with E-state index in [-0.39, 0.29) is 30.3 Å². The van der Waals surface area contributed by atoms with Gasteiger partial charge in [-0.15, -0.1) is 24.0 Å². The van der Waals surface area contributed by atoms with Crippen LogP contribution in [0.2, 0.25) is 0 Å². The molecule has 2 atom stereocenters. The van der Waals surface area contributed by atoms with E-state index in [0.29, 0.717) is 5.88 Å². The Morgan fingerprint density at radius 3 is 2.28 bits per heavy atom. The molecule has 2 heterocycles. The van der Waals surface area contributed by atoms with E-state index >= 15 is 0 Å². The number of carbonyl (C=O) groups is 1. The first-order chi connectivity index (χ1) is 13.8. The van der Waals surface area contributed by atoms with Crippen LogP contribution in [0.3, 0.4) is 0 Å². The van der Waals surface area contributed by atoms with Crippen molar-refractivity contribution in [2.45, 2.75) is 31.2 Å². The van der Waals surface area contributed by atoms with Gasteiger partial charge in [0.25, 0.3) is 0 Å². The number of pyridine rings is 1. The molecule has 4 rings (SSSR count). The summed E-state index contributed by atoms with van der Waals surface area (Å²) in [6.45, 7) is 0. The van der Waals surface area contributed by atoms with Crippen molar-refractivity contribution in [3.63, 3.8) is 0 Å². The van der Waals surface area contributed by atoms with E-state index in [2.05, 4.69) is 29.2 Å². The van der Waals surface area contributed by atoms with Crippen LogP contribution in [0.25, 0.3) is 0 Å². The smallest absolute Gasteiger partial charge is 0.235 e. The number of halogens is 2. The molecule has 5 heteroatoms. The van der Waals surface area contributed by atoms with Crippen LogP contribution in [0, 0.1) is 0 Å². The lowest BCUT2D eigenvalue weighted by Gasteiger charge is -2.30. The topological polar surface area (TPSA) is 33.2 Å². The fourth-order valence-electron chi connectivity index (χ4n) is 4.08. The zero-order valence-electron chi connectivity index (χ0n) is 16.1. The molecule has 2 aromatic carbocycles. The highest BCUT2D eigenvalue weighted by molar-refractivity contribution is 6.17. The Labute approximate surface area is 183 Å². The number of fused-ring (bicyclic) bond motifs is 1. The van der Waals surface area contributed by atoms with Gasteiger partial charge >= 0.3 is 0 Å². The van der Waals surface area contributed by atoms with Crippen LogP contribution in [0.1, 0.15) is 47.9 Å². The zero-order chi connectivity index (χ0) is 19.3. The van der Waals surface area contributed by atoms with Gasteiger partial charge in [0.05, 0.1) is 12.0 Å². The number of hydrogen-bond donors (Lipinski definition) is 0. The molecular formula is C24H24Cl2N2O. The molecule has 29 heavy (non-hydrogen) atoms. The number of unbranched alkanes of at least 4 members (excludes halogenated alkanes) is 1. The molecular weight excluding hydrogens is 403 g/mol. The van der Waals surface area contributed by atoms with E-state index in [1.165, 1.54) is 0 Å². The summed E-state index contributed by atoms with van der Waals surface area (Å²) in [7, 11) is 0. The maximum atomic E-state index is 13.6. The third-order valence-corrected chi connectivity index (χ3v) is 5.65. The van der Waals surface area contributed by atoms with Gasteiger partial charge in [-0.25, -0.2) is 0 Å². The minimum atomic E-state index is -0.170. The van der Waals surface area contributed by atoms with E-state index in [1.54, 1.807) is 12.4 Å². The number of para-hydroxylation sites is 1. The van der Waals surface area contributed by atoms with Gasteiger partial charge in [0.15, 0.2) is 0 Å². The van der Waals surface area contributed by atoms with Crippen molar-refractivity contribution in [1.82, 2.24) is 4.98 Å². The van der Waals surface area contributed by atoms with Crippen molar-refractivity contribution in [1.29, 1.82) is 0 Å². The van der Waals surface area contributed by atoms with Gasteiger partial charge in [-0.3, -0.25) is 14.7 Å². The third kappa shape index (κ3) is 4.31. The number of benzene rings is 2. The van der Waals surface area contributed by atoms with E-state index in [0.717, 1.165) is 41.6 Å². The maximum Gasteiger partial charge on any atom is 0.235 e. The summed E-state index contributed by atoms with van der Waals surface area (Å²) in [4.78, 5) is 19.8. The number of rotatable bonds is 7. The molecule has 3 aromatic rings. The first-order valence-corrected chi connectivity index (χ1v) is 10.3. The molecule has 1 aliphatic heterocycles. The first-order valence-electron chi connectivity index (χ1n) is 9.74. The van der Waals surface area contributed by atoms with Crippen molar-refractivity contribution in [2.75, 3.05) is 10.8 Å². The molecule has 0 fully saturated rings. The lowest BCUT2D eigenvalue weighted by molar-refractivity contribution is -0.119. The molecule has 0 aliphatic carbocycles. The second-order valence-corrected chi connectivity index (χ2v) is 7.48. The van der Waals surface area contributed by atoms with Crippen LogP contribution in [-0.4, -0.2) is 16.8 Å². The molecule has 1 amide bonds. The second-order valence-electron chi connectivity index (χ2n) is 7.10. The lowest BCUT2D eigenvalue weighted by Crippen LogP contribution is -2.34. The van der Waals surface area contributed by atoms with Crippen molar-refractivity contribution in [2.24, 2.45) is 0 Å². The molecule has 0 saturated carbocycles. The van der Waals surface area contributed by atoms with E-state index < -0.39 is 0 Å². The Balaban J connectivity index is 0.00000240. The van der Waals surface area contributed by atoms with Crippen molar-refractivity contribution in [3.8, 4) is 0 Å². The summed E-state index contributed by atoms with van der Waals surface area (Å²) in [5.74, 6) is 0.699. The van der Waals surface area contributed by atoms with Gasteiger partial charge in [0.2, 0.25) is 5.91 Å². The molecule has 3 nitrogen and oxygen atoms in total. The zero-order valence-corrected chi connectivity index (χ0v) is 17.6. The molecule has 0 spiro atoms. The van der Waals surface area contributed by atoms with Crippen molar-refractivity contribution >= 4 is 35.6 Å². The van der Waals surface area contributed by atoms with Gasteiger partial charge in [0, 0.05) is 24.0 Å². The third-order valence-electron chi connectivity index (χ3n) is 5.38. The quantitative estimate of drug-likeness (QED) is 0.336. The number of carbonyl (C=O) groups excluding carboxylic acids is 1. The Hall–Kier alpha value is -2.36. The van der Waals surface area contributed by atoms with Gasteiger partial charge in [0.1, 0.15) is 0 Å². The van der Waals surface area contributed by atoms with Gasteiger partial charge in [-0.1, -0.05) is 55.0 Å². The van der Waals surface area contributed by atoms with Gasteiger partial charge in [-0.2, -0.15) is 0 Å². The molecule has 0 bridgehead atoms. The highest BCUT2D eigenvalue weighted by Gasteiger charge is 2.41. The average molecular weight is 427 g/mol. The summed E-state index contributed by atoms with van der Waals surface area (Å²) < 4.78 is 0. The highest BCUT2D eigenvalue weighted by atomic mass is 35.5.